The van der Waals surface area contributed by atoms with E-state index in [2.05, 4.69) is 4.99 Å². The maximum atomic E-state index is 13.8. The number of ether oxygens (including phenoxy) is 1. The third-order valence-electron chi connectivity index (χ3n) is 3.52. The molecule has 0 fully saturated rings. The number of hydrogen-bond donors (Lipinski definition) is 0. The SMILES string of the molecule is COCCn1c(=NC(=O)c2ccccc2F)sc2cc(Cl)cc(Cl)c21. The third kappa shape index (κ3) is 3.77. The van der Waals surface area contributed by atoms with Crippen molar-refractivity contribution in [1.82, 2.24) is 4.57 Å². The Morgan fingerprint density at radius 1 is 1.32 bits per heavy atom. The lowest BCUT2D eigenvalue weighted by Crippen LogP contribution is -2.19. The molecule has 1 aromatic heterocycles. The lowest BCUT2D eigenvalue weighted by Gasteiger charge is -2.06. The summed E-state index contributed by atoms with van der Waals surface area (Å²) >= 11 is 13.6. The second-order valence-electron chi connectivity index (χ2n) is 5.16. The maximum Gasteiger partial charge on any atom is 0.282 e. The minimum atomic E-state index is -0.655. The van der Waals surface area contributed by atoms with E-state index < -0.39 is 11.7 Å². The van der Waals surface area contributed by atoms with E-state index in [4.69, 9.17) is 27.9 Å². The lowest BCUT2D eigenvalue weighted by molar-refractivity contribution is 0.0993. The number of carbonyl (C=O) groups excluding carboxylic acids is 1. The zero-order chi connectivity index (χ0) is 18.0. The van der Waals surface area contributed by atoms with Gasteiger partial charge in [-0.1, -0.05) is 46.7 Å². The summed E-state index contributed by atoms with van der Waals surface area (Å²) in [5.74, 6) is -1.26. The highest BCUT2D eigenvalue weighted by Gasteiger charge is 2.14. The fourth-order valence-corrected chi connectivity index (χ4v) is 4.22. The van der Waals surface area contributed by atoms with E-state index in [0.29, 0.717) is 33.5 Å². The molecule has 0 atom stereocenters. The standard InChI is InChI=1S/C17H13Cl2FN2O2S/c1-24-7-6-22-15-12(19)8-10(18)9-14(15)25-17(22)21-16(23)11-4-2-3-5-13(11)20/h2-5,8-9H,6-7H2,1H3. The number of fused-ring (bicyclic) bond motifs is 1. The van der Waals surface area contributed by atoms with Gasteiger partial charge in [-0.05, 0) is 24.3 Å². The van der Waals surface area contributed by atoms with Gasteiger partial charge in [0.05, 0.1) is 27.4 Å². The fraction of sp³-hybridized carbons (Fsp3) is 0.176. The lowest BCUT2D eigenvalue weighted by atomic mass is 10.2. The fourth-order valence-electron chi connectivity index (χ4n) is 2.39. The number of thiazole rings is 1. The van der Waals surface area contributed by atoms with Gasteiger partial charge in [0.25, 0.3) is 5.91 Å². The van der Waals surface area contributed by atoms with Crippen LogP contribution in [0.2, 0.25) is 10.0 Å². The van der Waals surface area contributed by atoms with E-state index >= 15 is 0 Å². The summed E-state index contributed by atoms with van der Waals surface area (Å²) in [6.45, 7) is 0.854. The van der Waals surface area contributed by atoms with Crippen molar-refractivity contribution in [3.63, 3.8) is 0 Å². The first-order valence-electron chi connectivity index (χ1n) is 7.32. The van der Waals surface area contributed by atoms with E-state index in [1.54, 1.807) is 29.9 Å². The Morgan fingerprint density at radius 3 is 2.80 bits per heavy atom. The van der Waals surface area contributed by atoms with E-state index in [0.717, 1.165) is 4.70 Å². The highest BCUT2D eigenvalue weighted by molar-refractivity contribution is 7.16. The Labute approximate surface area is 157 Å². The zero-order valence-corrected chi connectivity index (χ0v) is 15.5. The van der Waals surface area contributed by atoms with Gasteiger partial charge in [0.1, 0.15) is 5.82 Å². The predicted octanol–water partition coefficient (Wildman–Crippen LogP) is 4.54. The van der Waals surface area contributed by atoms with Crippen LogP contribution in [0, 0.1) is 5.82 Å². The highest BCUT2D eigenvalue weighted by atomic mass is 35.5. The van der Waals surface area contributed by atoms with Crippen LogP contribution in [-0.2, 0) is 11.3 Å². The van der Waals surface area contributed by atoms with Crippen LogP contribution in [0.15, 0.2) is 41.4 Å². The highest BCUT2D eigenvalue weighted by Crippen LogP contribution is 2.29. The number of rotatable bonds is 4. The molecule has 0 aliphatic rings. The minimum absolute atomic E-state index is 0.0811. The van der Waals surface area contributed by atoms with E-state index in [1.807, 2.05) is 0 Å². The van der Waals surface area contributed by atoms with Gasteiger partial charge in [-0.3, -0.25) is 4.79 Å². The van der Waals surface area contributed by atoms with Crippen molar-refractivity contribution >= 4 is 50.7 Å². The molecule has 1 amide bonds. The minimum Gasteiger partial charge on any atom is -0.383 e. The molecular formula is C17H13Cl2FN2O2S. The van der Waals surface area contributed by atoms with Crippen LogP contribution in [0.25, 0.3) is 10.2 Å². The Bertz CT molecular complexity index is 1010. The molecule has 25 heavy (non-hydrogen) atoms. The topological polar surface area (TPSA) is 43.6 Å². The number of aromatic nitrogens is 1. The van der Waals surface area contributed by atoms with Crippen molar-refractivity contribution in [2.75, 3.05) is 13.7 Å². The molecule has 130 valence electrons. The molecule has 0 aliphatic carbocycles. The maximum absolute atomic E-state index is 13.8. The summed E-state index contributed by atoms with van der Waals surface area (Å²) in [4.78, 5) is 16.9. The first kappa shape index (κ1) is 18.1. The van der Waals surface area contributed by atoms with E-state index in [-0.39, 0.29) is 5.56 Å². The number of benzene rings is 2. The average molecular weight is 399 g/mol. The summed E-state index contributed by atoms with van der Waals surface area (Å²) in [6.07, 6.45) is 0. The van der Waals surface area contributed by atoms with E-state index in [9.17, 15) is 9.18 Å². The Balaban J connectivity index is 2.19. The van der Waals surface area contributed by atoms with Crippen molar-refractivity contribution in [1.29, 1.82) is 0 Å². The Hall–Kier alpha value is -1.73. The largest absolute Gasteiger partial charge is 0.383 e. The number of carbonyl (C=O) groups is 1. The molecule has 3 aromatic rings. The quantitative estimate of drug-likeness (QED) is 0.647. The molecule has 0 saturated carbocycles. The molecule has 3 rings (SSSR count). The average Bonchev–Trinajstić information content (AvgIpc) is 2.90. The molecule has 0 radical (unpaired) electrons. The molecule has 0 bridgehead atoms. The van der Waals surface area contributed by atoms with Crippen molar-refractivity contribution in [3.05, 3.63) is 62.6 Å². The molecule has 0 spiro atoms. The second kappa shape index (κ2) is 7.66. The van der Waals surface area contributed by atoms with Gasteiger partial charge in [0.15, 0.2) is 4.80 Å². The number of methoxy groups -OCH3 is 1. The summed E-state index contributed by atoms with van der Waals surface area (Å²) in [5.41, 5.74) is 0.635. The molecule has 0 unspecified atom stereocenters. The Kier molecular flexibility index (Phi) is 5.54. The summed E-state index contributed by atoms with van der Waals surface area (Å²) in [7, 11) is 1.58. The number of halogens is 3. The molecule has 0 N–H and O–H groups in total. The number of amides is 1. The first-order valence-corrected chi connectivity index (χ1v) is 8.89. The third-order valence-corrected chi connectivity index (χ3v) is 5.05. The van der Waals surface area contributed by atoms with Gasteiger partial charge < -0.3 is 9.30 Å². The van der Waals surface area contributed by atoms with E-state index in [1.165, 1.54) is 29.5 Å². The molecule has 2 aromatic carbocycles. The van der Waals surface area contributed by atoms with Gasteiger partial charge >= 0.3 is 0 Å². The van der Waals surface area contributed by atoms with Crippen LogP contribution in [0.4, 0.5) is 4.39 Å². The predicted molar refractivity (Wildman–Crippen MR) is 98.0 cm³/mol. The van der Waals surface area contributed by atoms with Crippen molar-refractivity contribution in [3.8, 4) is 0 Å². The van der Waals surface area contributed by atoms with Crippen LogP contribution in [0.3, 0.4) is 0 Å². The van der Waals surface area contributed by atoms with Gasteiger partial charge in [-0.2, -0.15) is 4.99 Å². The summed E-state index contributed by atoms with van der Waals surface area (Å²) in [6, 6.07) is 9.12. The smallest absolute Gasteiger partial charge is 0.282 e. The zero-order valence-electron chi connectivity index (χ0n) is 13.1. The summed E-state index contributed by atoms with van der Waals surface area (Å²) in [5, 5.41) is 0.944. The molecule has 1 heterocycles. The van der Waals surface area contributed by atoms with Gasteiger partial charge in [0, 0.05) is 18.7 Å². The van der Waals surface area contributed by atoms with Gasteiger partial charge in [-0.15, -0.1) is 0 Å². The summed E-state index contributed by atoms with van der Waals surface area (Å²) < 4.78 is 21.5. The number of nitrogens with zero attached hydrogens (tertiary/aromatic N) is 2. The van der Waals surface area contributed by atoms with Crippen LogP contribution < -0.4 is 4.80 Å². The monoisotopic (exact) mass is 398 g/mol. The first-order chi connectivity index (χ1) is 12.0. The number of hydrogen-bond acceptors (Lipinski definition) is 3. The van der Waals surface area contributed by atoms with Crippen molar-refractivity contribution < 1.29 is 13.9 Å². The van der Waals surface area contributed by atoms with Crippen LogP contribution in [-0.4, -0.2) is 24.2 Å². The Morgan fingerprint density at radius 2 is 2.08 bits per heavy atom. The van der Waals surface area contributed by atoms with Crippen LogP contribution >= 0.6 is 34.5 Å². The molecule has 0 saturated heterocycles. The van der Waals surface area contributed by atoms with Crippen molar-refractivity contribution in [2.24, 2.45) is 4.99 Å². The van der Waals surface area contributed by atoms with Crippen molar-refractivity contribution in [2.45, 2.75) is 6.54 Å². The van der Waals surface area contributed by atoms with Crippen LogP contribution in [0.1, 0.15) is 10.4 Å². The van der Waals surface area contributed by atoms with Gasteiger partial charge in [-0.25, -0.2) is 4.39 Å². The van der Waals surface area contributed by atoms with Gasteiger partial charge in [0.2, 0.25) is 0 Å². The molecule has 4 nitrogen and oxygen atoms in total. The van der Waals surface area contributed by atoms with Crippen LogP contribution in [0.5, 0.6) is 0 Å². The molecular weight excluding hydrogens is 386 g/mol. The molecule has 0 aliphatic heterocycles. The molecule has 8 heteroatoms. The second-order valence-corrected chi connectivity index (χ2v) is 7.01. The normalized spacial score (nSPS) is 12.1.